The second-order valence-electron chi connectivity index (χ2n) is 12.4. The smallest absolute Gasteiger partial charge is 0.305 e. The van der Waals surface area contributed by atoms with E-state index in [2.05, 4.69) is 20.7 Å². The molecule has 3 aromatic rings. The lowest BCUT2D eigenvalue weighted by Gasteiger charge is -2.40. The van der Waals surface area contributed by atoms with Crippen molar-refractivity contribution in [2.24, 2.45) is 5.41 Å². The molecule has 0 bridgehead atoms. The van der Waals surface area contributed by atoms with Gasteiger partial charge in [0.1, 0.15) is 35.6 Å². The Labute approximate surface area is 300 Å². The molecule has 0 unspecified atom stereocenters. The second-order valence-corrected chi connectivity index (χ2v) is 12.4. The molecular weight excluding hydrogens is 708 g/mol. The van der Waals surface area contributed by atoms with Crippen LogP contribution >= 0.6 is 0 Å². The van der Waals surface area contributed by atoms with Gasteiger partial charge in [-0.25, -0.2) is 8.78 Å². The molecule has 4 N–H and O–H groups in total. The molecular formula is C36H36F4N4O9. The van der Waals surface area contributed by atoms with E-state index in [1.54, 1.807) is 42.5 Å². The number of para-hydroxylation sites is 1. The number of ketones is 1. The van der Waals surface area contributed by atoms with Gasteiger partial charge in [-0.1, -0.05) is 30.7 Å². The zero-order valence-electron chi connectivity index (χ0n) is 28.6. The van der Waals surface area contributed by atoms with Crippen LogP contribution in [-0.4, -0.2) is 78.2 Å². The molecule has 0 aromatic heterocycles. The average molecular weight is 745 g/mol. The first-order valence-electron chi connectivity index (χ1n) is 16.3. The summed E-state index contributed by atoms with van der Waals surface area (Å²) in [5.41, 5.74) is -1.59. The van der Waals surface area contributed by atoms with Gasteiger partial charge in [-0.05, 0) is 43.5 Å². The Balaban J connectivity index is 1.49. The van der Waals surface area contributed by atoms with Gasteiger partial charge in [-0.3, -0.25) is 28.8 Å². The Bertz CT molecular complexity index is 1850. The van der Waals surface area contributed by atoms with Crippen LogP contribution in [0, 0.1) is 28.7 Å². The number of carboxylic acid groups (broad SMARTS) is 1. The summed E-state index contributed by atoms with van der Waals surface area (Å²) in [6, 6.07) is 11.9. The third kappa shape index (κ3) is 10.1. The van der Waals surface area contributed by atoms with E-state index in [4.69, 9.17) is 4.74 Å². The van der Waals surface area contributed by atoms with Crippen LogP contribution in [0.4, 0.5) is 23.2 Å². The molecule has 1 saturated carbocycles. The minimum absolute atomic E-state index is 0.0715. The minimum atomic E-state index is -1.94. The first kappa shape index (κ1) is 39.8. The molecule has 0 aliphatic heterocycles. The number of halogens is 4. The normalized spacial score (nSPS) is 14.1. The van der Waals surface area contributed by atoms with Crippen molar-refractivity contribution in [2.45, 2.75) is 50.6 Å². The molecule has 4 rings (SSSR count). The number of carboxylic acids is 1. The van der Waals surface area contributed by atoms with Gasteiger partial charge in [0, 0.05) is 38.3 Å². The number of benzene rings is 3. The van der Waals surface area contributed by atoms with Gasteiger partial charge in [-0.2, -0.15) is 8.78 Å². The first-order valence-corrected chi connectivity index (χ1v) is 16.3. The Hall–Kier alpha value is -6.00. The zero-order valence-corrected chi connectivity index (χ0v) is 28.6. The standard InChI is InChI=1S/C36H36F4N4O9/c1-44(2)28(46)13-12-25(33(49)41-20-8-6-11-22(16-20)53-21-9-4-3-5-10-21)42-34(50)36(14-7-15-36)35(51)43-26(18-29(47)48)27(45)19-52-32-30(39)23(37)17-24(38)31(32)40/h3-6,8-11,16-17,25-26H,7,12-15,18-19H2,1-2H3,(H,41,49)(H,42,50)(H,43,51)(H,47,48)/t25-,26-/m0/s1. The summed E-state index contributed by atoms with van der Waals surface area (Å²) < 4.78 is 65.7. The highest BCUT2D eigenvalue weighted by Crippen LogP contribution is 2.42. The van der Waals surface area contributed by atoms with Gasteiger partial charge >= 0.3 is 5.97 Å². The lowest BCUT2D eigenvalue weighted by molar-refractivity contribution is -0.152. The second kappa shape index (κ2) is 17.5. The van der Waals surface area contributed by atoms with Gasteiger partial charge in [0.25, 0.3) is 0 Å². The van der Waals surface area contributed by atoms with E-state index in [-0.39, 0.29) is 43.3 Å². The van der Waals surface area contributed by atoms with Crippen molar-refractivity contribution in [3.63, 3.8) is 0 Å². The van der Waals surface area contributed by atoms with Crippen molar-refractivity contribution in [3.05, 3.63) is 83.9 Å². The Morgan fingerprint density at radius 2 is 1.43 bits per heavy atom. The predicted molar refractivity (Wildman–Crippen MR) is 179 cm³/mol. The summed E-state index contributed by atoms with van der Waals surface area (Å²) in [6.45, 7) is -1.31. The number of Topliss-reactive ketones (excluding diaryl/α,β-unsaturated/α-hetero) is 1. The van der Waals surface area contributed by atoms with E-state index in [0.717, 1.165) is 0 Å². The predicted octanol–water partition coefficient (Wildman–Crippen LogP) is 4.10. The molecule has 1 aliphatic carbocycles. The number of carbonyl (C=O) groups is 6. The molecule has 53 heavy (non-hydrogen) atoms. The number of carbonyl (C=O) groups excluding carboxylic acids is 5. The van der Waals surface area contributed by atoms with Gasteiger partial charge in [0.15, 0.2) is 23.2 Å². The summed E-state index contributed by atoms with van der Waals surface area (Å²) in [4.78, 5) is 79.1. The largest absolute Gasteiger partial charge is 0.481 e. The highest BCUT2D eigenvalue weighted by Gasteiger charge is 2.52. The number of ether oxygens (including phenoxy) is 2. The van der Waals surface area contributed by atoms with Crippen LogP contribution < -0.4 is 25.4 Å². The minimum Gasteiger partial charge on any atom is -0.481 e. The average Bonchev–Trinajstić information content (AvgIpc) is 3.08. The summed E-state index contributed by atoms with van der Waals surface area (Å²) in [5.74, 6) is -14.1. The molecule has 1 aliphatic rings. The van der Waals surface area contributed by atoms with Gasteiger partial charge in [0.2, 0.25) is 35.3 Å². The number of nitrogens with one attached hydrogen (secondary N) is 3. The maximum absolute atomic E-state index is 14.1. The maximum Gasteiger partial charge on any atom is 0.305 e. The quantitative estimate of drug-likeness (QED) is 0.0899. The summed E-state index contributed by atoms with van der Waals surface area (Å²) >= 11 is 0. The van der Waals surface area contributed by atoms with Crippen LogP contribution in [0.1, 0.15) is 38.5 Å². The van der Waals surface area contributed by atoms with Crippen molar-refractivity contribution in [1.82, 2.24) is 15.5 Å². The Kier molecular flexibility index (Phi) is 13.1. The van der Waals surface area contributed by atoms with Gasteiger partial charge in [-0.15, -0.1) is 0 Å². The van der Waals surface area contributed by atoms with Crippen molar-refractivity contribution < 1.29 is 60.9 Å². The summed E-state index contributed by atoms with van der Waals surface area (Å²) in [6.07, 6.45) is -1.20. The van der Waals surface area contributed by atoms with Crippen molar-refractivity contribution >= 4 is 41.1 Å². The molecule has 0 heterocycles. The number of hydrogen-bond acceptors (Lipinski definition) is 8. The van der Waals surface area contributed by atoms with Crippen molar-refractivity contribution in [2.75, 3.05) is 26.0 Å². The van der Waals surface area contributed by atoms with E-state index in [0.29, 0.717) is 17.9 Å². The molecule has 4 amide bonds. The number of hydrogen-bond donors (Lipinski definition) is 4. The van der Waals surface area contributed by atoms with Crippen molar-refractivity contribution in [3.8, 4) is 17.2 Å². The van der Waals surface area contributed by atoms with E-state index in [1.165, 1.54) is 25.1 Å². The van der Waals surface area contributed by atoms with Crippen LogP contribution in [0.25, 0.3) is 0 Å². The highest BCUT2D eigenvalue weighted by atomic mass is 19.2. The maximum atomic E-state index is 14.1. The number of aliphatic carboxylic acids is 1. The molecule has 13 nitrogen and oxygen atoms in total. The molecule has 3 aromatic carbocycles. The van der Waals surface area contributed by atoms with E-state index < -0.39 is 89.0 Å². The van der Waals surface area contributed by atoms with E-state index in [9.17, 15) is 51.4 Å². The number of rotatable bonds is 17. The SMILES string of the molecule is CN(C)C(=O)CC[C@H](NC(=O)C1(C(=O)N[C@@H](CC(=O)O)C(=O)COc2c(F)c(F)cc(F)c2F)CCC1)C(=O)Nc1cccc(Oc2ccccc2)c1. The third-order valence-electron chi connectivity index (χ3n) is 8.43. The highest BCUT2D eigenvalue weighted by molar-refractivity contribution is 6.09. The van der Waals surface area contributed by atoms with Gasteiger partial charge in [0.05, 0.1) is 6.42 Å². The number of anilines is 1. The van der Waals surface area contributed by atoms with Gasteiger partial charge < -0.3 is 35.4 Å². The number of nitrogens with zero attached hydrogens (tertiary/aromatic N) is 1. The fourth-order valence-corrected chi connectivity index (χ4v) is 5.27. The third-order valence-corrected chi connectivity index (χ3v) is 8.43. The van der Waals surface area contributed by atoms with Crippen LogP contribution in [0.15, 0.2) is 60.7 Å². The van der Waals surface area contributed by atoms with Crippen LogP contribution in [0.2, 0.25) is 0 Å². The molecule has 0 spiro atoms. The summed E-state index contributed by atoms with van der Waals surface area (Å²) in [7, 11) is 3.01. The first-order chi connectivity index (χ1) is 25.1. The fourth-order valence-electron chi connectivity index (χ4n) is 5.27. The lowest BCUT2D eigenvalue weighted by Crippen LogP contribution is -2.60. The monoisotopic (exact) mass is 744 g/mol. The van der Waals surface area contributed by atoms with E-state index >= 15 is 0 Å². The lowest BCUT2D eigenvalue weighted by atomic mass is 9.67. The van der Waals surface area contributed by atoms with Crippen LogP contribution in [0.3, 0.4) is 0 Å². The van der Waals surface area contributed by atoms with Crippen LogP contribution in [-0.2, 0) is 28.8 Å². The van der Waals surface area contributed by atoms with Crippen molar-refractivity contribution in [1.29, 1.82) is 0 Å². The molecule has 0 saturated heterocycles. The molecule has 0 radical (unpaired) electrons. The summed E-state index contributed by atoms with van der Waals surface area (Å²) in [5, 5.41) is 16.8. The Morgan fingerprint density at radius 1 is 0.830 bits per heavy atom. The van der Waals surface area contributed by atoms with Crippen LogP contribution in [0.5, 0.6) is 17.2 Å². The van der Waals surface area contributed by atoms with E-state index in [1.807, 2.05) is 6.07 Å². The number of amides is 4. The Morgan fingerprint density at radius 3 is 2.00 bits per heavy atom. The zero-order chi connectivity index (χ0) is 38.9. The molecule has 2 atom stereocenters. The topological polar surface area (TPSA) is 180 Å². The molecule has 17 heteroatoms. The molecule has 282 valence electrons. The fraction of sp³-hybridized carbons (Fsp3) is 0.333. The molecule has 1 fully saturated rings.